The number of non-ortho nitro benzene ring substituents is 1. The predicted octanol–water partition coefficient (Wildman–Crippen LogP) is 11.0. The summed E-state index contributed by atoms with van der Waals surface area (Å²) >= 11 is 0. The number of benzene rings is 1. The number of nitrogens with zero attached hydrogens (tertiary/aromatic N) is 3. The van der Waals surface area contributed by atoms with Gasteiger partial charge in [0, 0.05) is 29.7 Å². The summed E-state index contributed by atoms with van der Waals surface area (Å²) in [6.45, 7) is 23.8. The molecule has 1 aromatic heterocycles. The minimum absolute atomic E-state index is 0.0484. The Hall–Kier alpha value is -4.02. The predicted molar refractivity (Wildman–Crippen MR) is 236 cm³/mol. The Labute approximate surface area is 367 Å². The van der Waals surface area contributed by atoms with Crippen LogP contribution in [-0.2, 0) is 19.1 Å². The lowest BCUT2D eigenvalue weighted by Crippen LogP contribution is -2.67. The summed E-state index contributed by atoms with van der Waals surface area (Å²) in [5.41, 5.74) is 1.87. The van der Waals surface area contributed by atoms with E-state index in [1.165, 1.54) is 17.7 Å². The highest BCUT2D eigenvalue weighted by molar-refractivity contribution is 5.85. The number of hydrogen-bond donors (Lipinski definition) is 2. The number of allylic oxidation sites excluding steroid dienone is 1. The van der Waals surface area contributed by atoms with E-state index in [2.05, 4.69) is 58.0 Å². The van der Waals surface area contributed by atoms with Crippen molar-refractivity contribution in [2.45, 2.75) is 151 Å². The van der Waals surface area contributed by atoms with Crippen LogP contribution in [0.15, 0.2) is 42.6 Å². The topological polar surface area (TPSA) is 156 Å². The molecule has 1 amide bonds. The highest BCUT2D eigenvalue weighted by Crippen LogP contribution is 2.78. The summed E-state index contributed by atoms with van der Waals surface area (Å²) in [6, 6.07) is 6.38. The van der Waals surface area contributed by atoms with Crippen molar-refractivity contribution >= 4 is 23.5 Å². The molecular formula is C51H70N4O7. The van der Waals surface area contributed by atoms with Crippen LogP contribution in [0.3, 0.4) is 0 Å². The first-order valence-corrected chi connectivity index (χ1v) is 23.8. The lowest BCUT2D eigenvalue weighted by molar-refractivity contribution is -0.384. The first-order valence-electron chi connectivity index (χ1n) is 23.8. The maximum Gasteiger partial charge on any atom is 0.309 e. The lowest BCUT2D eigenvalue weighted by atomic mass is 9.32. The third-order valence-electron chi connectivity index (χ3n) is 20.4. The molecule has 0 radical (unpaired) electrons. The molecule has 2 aromatic rings. The Morgan fingerprint density at radius 2 is 1.60 bits per heavy atom. The molecule has 1 aliphatic heterocycles. The van der Waals surface area contributed by atoms with Crippen molar-refractivity contribution in [1.82, 2.24) is 14.9 Å². The Balaban J connectivity index is 0.958. The first kappa shape index (κ1) is 43.2. The molecule has 1 aromatic carbocycles. The smallest absolute Gasteiger partial charge is 0.309 e. The third kappa shape index (κ3) is 6.00. The number of imidazole rings is 1. The molecule has 0 spiro atoms. The van der Waals surface area contributed by atoms with Gasteiger partial charge in [-0.1, -0.05) is 60.6 Å². The zero-order valence-corrected chi connectivity index (χ0v) is 38.4. The number of carboxylic acids is 1. The molecule has 7 aliphatic rings. The molecule has 336 valence electrons. The highest BCUT2D eigenvalue weighted by Gasteiger charge is 2.72. The zero-order chi connectivity index (χ0) is 44.5. The van der Waals surface area contributed by atoms with E-state index >= 15 is 4.79 Å². The number of carbonyl (C=O) groups is 3. The number of amides is 1. The second kappa shape index (κ2) is 14.5. The van der Waals surface area contributed by atoms with Gasteiger partial charge < -0.3 is 19.7 Å². The monoisotopic (exact) mass is 851 g/mol. The molecular weight excluding hydrogens is 781 g/mol. The number of nitro benzene ring substituents is 1. The van der Waals surface area contributed by atoms with Gasteiger partial charge in [-0.05, 0) is 154 Å². The number of aliphatic carboxylic acids is 1. The fourth-order valence-electron chi connectivity index (χ4n) is 16.7. The van der Waals surface area contributed by atoms with Gasteiger partial charge in [0.1, 0.15) is 11.9 Å². The summed E-state index contributed by atoms with van der Waals surface area (Å²) in [7, 11) is 0. The van der Waals surface area contributed by atoms with Crippen LogP contribution < -0.4 is 0 Å². The van der Waals surface area contributed by atoms with Crippen molar-refractivity contribution in [3.05, 3.63) is 58.6 Å². The maximum atomic E-state index is 15.6. The number of aromatic amines is 1. The minimum Gasteiger partial charge on any atom is -0.481 e. The molecule has 62 heavy (non-hydrogen) atoms. The second-order valence-corrected chi connectivity index (χ2v) is 23.3. The van der Waals surface area contributed by atoms with E-state index in [0.29, 0.717) is 36.0 Å². The number of rotatable bonds is 8. The molecule has 0 bridgehead atoms. The van der Waals surface area contributed by atoms with Crippen LogP contribution in [0.4, 0.5) is 5.69 Å². The average molecular weight is 851 g/mol. The number of carbonyl (C=O) groups excluding carboxylic acids is 2. The van der Waals surface area contributed by atoms with E-state index in [9.17, 15) is 24.8 Å². The first-order chi connectivity index (χ1) is 29.1. The number of nitrogens with one attached hydrogen (secondary N) is 1. The van der Waals surface area contributed by atoms with E-state index < -0.39 is 27.6 Å². The zero-order valence-electron chi connectivity index (χ0n) is 38.4. The standard InChI is InChI=1S/C51H70N4O7/c1-29(2)32-18-23-51(45(59)54-26-10-11-37(54)42-52-28-36(53-42)30-12-14-31(15-13-30)55(60)61)25-24-49(8)33(41(32)51)16-17-39-48(7)21-20-40(47(5,6)38(48)19-22-50(39,49)9)62-44(58)35-27-34(43(56)57)46(35,3)4/h12-15,28,32-35,37-41H,1,10-11,16-27H2,2-9H3,(H,52,53)(H,56,57)/t32-,33+,34-,35+,37+,38-,39+,40-,41+,48-,49+,50+,51-/m0/s1. The van der Waals surface area contributed by atoms with Crippen molar-refractivity contribution in [3.8, 4) is 11.3 Å². The molecule has 11 nitrogen and oxygen atoms in total. The number of H-pyrrole nitrogens is 1. The van der Waals surface area contributed by atoms with E-state index in [1.54, 1.807) is 18.3 Å². The Bertz CT molecular complexity index is 2180. The van der Waals surface area contributed by atoms with Gasteiger partial charge in [0.2, 0.25) is 5.91 Å². The van der Waals surface area contributed by atoms with Crippen molar-refractivity contribution in [2.75, 3.05) is 6.54 Å². The van der Waals surface area contributed by atoms with Crippen molar-refractivity contribution in [1.29, 1.82) is 0 Å². The van der Waals surface area contributed by atoms with Gasteiger partial charge in [0.05, 0.1) is 40.1 Å². The van der Waals surface area contributed by atoms with Gasteiger partial charge in [-0.3, -0.25) is 24.5 Å². The van der Waals surface area contributed by atoms with Crippen LogP contribution in [0.2, 0.25) is 0 Å². The molecule has 2 N–H and O–H groups in total. The van der Waals surface area contributed by atoms with E-state index in [-0.39, 0.29) is 57.3 Å². The molecule has 1 saturated heterocycles. The molecule has 6 aliphatic carbocycles. The number of fused-ring (bicyclic) bond motifs is 7. The van der Waals surface area contributed by atoms with Crippen molar-refractivity contribution in [2.24, 2.45) is 73.9 Å². The number of esters is 1. The SMILES string of the molecule is C=C(C)[C@@H]1CC[C@]2(C(=O)N3CCC[C@@H]3c3ncc(-c4ccc([N+](=O)[O-])cc4)[nH]3)CC[C@]3(C)[C@H](CC[C@@H]4[C@@]5(C)CC[C@H](OC(=O)[C@H]6C[C@@H](C(=O)O)C6(C)C)C(C)(C)[C@@H]5CC[C@]43C)[C@@H]12. The summed E-state index contributed by atoms with van der Waals surface area (Å²) in [4.78, 5) is 62.5. The molecule has 0 unspecified atom stereocenters. The van der Waals surface area contributed by atoms with Gasteiger partial charge >= 0.3 is 11.9 Å². The number of ether oxygens (including phenoxy) is 1. The number of carboxylic acid groups (broad SMARTS) is 1. The number of nitro groups is 1. The fraction of sp³-hybridized carbons (Fsp3) is 0.725. The molecule has 2 heterocycles. The van der Waals surface area contributed by atoms with E-state index in [0.717, 1.165) is 101 Å². The van der Waals surface area contributed by atoms with Gasteiger partial charge in [-0.25, -0.2) is 4.98 Å². The minimum atomic E-state index is -0.830. The van der Waals surface area contributed by atoms with Gasteiger partial charge in [-0.2, -0.15) is 0 Å². The fourth-order valence-corrected chi connectivity index (χ4v) is 16.7. The second-order valence-electron chi connectivity index (χ2n) is 23.3. The Kier molecular flexibility index (Phi) is 10.1. The molecule has 6 saturated carbocycles. The van der Waals surface area contributed by atoms with Crippen LogP contribution in [0.25, 0.3) is 11.3 Å². The Morgan fingerprint density at radius 3 is 2.26 bits per heavy atom. The normalized spacial score (nSPS) is 41.4. The molecule has 13 atom stereocenters. The van der Waals surface area contributed by atoms with E-state index in [4.69, 9.17) is 9.72 Å². The van der Waals surface area contributed by atoms with Crippen LogP contribution in [0.1, 0.15) is 151 Å². The quantitative estimate of drug-likeness (QED) is 0.115. The maximum absolute atomic E-state index is 15.6. The van der Waals surface area contributed by atoms with E-state index in [1.807, 2.05) is 13.8 Å². The van der Waals surface area contributed by atoms with Crippen LogP contribution in [-0.4, -0.2) is 55.4 Å². The summed E-state index contributed by atoms with van der Waals surface area (Å²) in [6.07, 6.45) is 13.9. The number of hydrogen-bond acceptors (Lipinski definition) is 7. The van der Waals surface area contributed by atoms with Crippen molar-refractivity contribution in [3.63, 3.8) is 0 Å². The summed E-state index contributed by atoms with van der Waals surface area (Å²) < 4.78 is 6.46. The summed E-state index contributed by atoms with van der Waals surface area (Å²) in [5.74, 6) is 1.03. The van der Waals surface area contributed by atoms with Gasteiger partial charge in [-0.15, -0.1) is 0 Å². The highest BCUT2D eigenvalue weighted by atomic mass is 16.6. The average Bonchev–Trinajstić information content (AvgIpc) is 3.98. The van der Waals surface area contributed by atoms with Crippen LogP contribution in [0.5, 0.6) is 0 Å². The van der Waals surface area contributed by atoms with Crippen LogP contribution in [0, 0.1) is 84.0 Å². The van der Waals surface area contributed by atoms with Gasteiger partial charge in [0.25, 0.3) is 5.69 Å². The molecule has 11 heteroatoms. The van der Waals surface area contributed by atoms with Gasteiger partial charge in [0.15, 0.2) is 0 Å². The Morgan fingerprint density at radius 1 is 0.871 bits per heavy atom. The van der Waals surface area contributed by atoms with Crippen molar-refractivity contribution < 1.29 is 29.2 Å². The molecule has 7 fully saturated rings. The number of likely N-dealkylation sites (tertiary alicyclic amines) is 1. The summed E-state index contributed by atoms with van der Waals surface area (Å²) in [5, 5.41) is 21.0. The van der Waals surface area contributed by atoms with Crippen LogP contribution >= 0.6 is 0 Å². The number of aromatic nitrogens is 2. The largest absolute Gasteiger partial charge is 0.481 e. The third-order valence-corrected chi connectivity index (χ3v) is 20.4. The molecule has 9 rings (SSSR count). The lowest BCUT2D eigenvalue weighted by Gasteiger charge is -2.73.